The minimum atomic E-state index is -4.33. The molecule has 0 aromatic carbocycles. The molecular weight excluding hydrogens is 1430 g/mol. The second kappa shape index (κ2) is 33.5. The fourth-order valence-corrected chi connectivity index (χ4v) is 16.0. The number of pyridine rings is 4. The topological polar surface area (TPSA) is 350 Å². The molecule has 2 atom stereocenters. The molecular formula is C74H102Cl2N14O13S2. The molecule has 27 nitrogen and oxygen atoms in total. The van der Waals surface area contributed by atoms with Crippen LogP contribution in [0.3, 0.4) is 0 Å². The Bertz CT molecular complexity index is 4240. The number of aromatic nitrogens is 8. The third kappa shape index (κ3) is 23.3. The Kier molecular flexibility index (Phi) is 25.4. The lowest BCUT2D eigenvalue weighted by Gasteiger charge is -2.33. The second-order valence-corrected chi connectivity index (χ2v) is 35.6. The van der Waals surface area contributed by atoms with Crippen LogP contribution in [-0.2, 0) is 29.5 Å². The number of nitrogens with two attached hydrogens (primary N) is 1. The Morgan fingerprint density at radius 2 is 0.981 bits per heavy atom. The summed E-state index contributed by atoms with van der Waals surface area (Å²) in [6, 6.07) is 18.7. The van der Waals surface area contributed by atoms with Gasteiger partial charge in [0, 0.05) is 61.8 Å². The zero-order chi connectivity index (χ0) is 75.8. The Hall–Kier alpha value is -7.86. The van der Waals surface area contributed by atoms with Gasteiger partial charge in [-0.2, -0.15) is 8.42 Å². The Balaban J connectivity index is 0.000000187. The van der Waals surface area contributed by atoms with Crippen molar-refractivity contribution in [3.8, 4) is 23.4 Å². The van der Waals surface area contributed by atoms with E-state index < -0.39 is 43.1 Å². The van der Waals surface area contributed by atoms with Gasteiger partial charge >= 0.3 is 18.2 Å². The van der Waals surface area contributed by atoms with Crippen LogP contribution in [0.2, 0.25) is 10.3 Å². The van der Waals surface area contributed by atoms with E-state index in [2.05, 4.69) is 68.5 Å². The van der Waals surface area contributed by atoms with Gasteiger partial charge in [-0.15, -0.1) is 10.2 Å². The molecule has 0 unspecified atom stereocenters. The summed E-state index contributed by atoms with van der Waals surface area (Å²) in [5.74, 6) is 6.50. The quantitative estimate of drug-likeness (QED) is 0.0215. The van der Waals surface area contributed by atoms with Crippen molar-refractivity contribution in [2.45, 2.75) is 204 Å². The molecule has 105 heavy (non-hydrogen) atoms. The molecule has 572 valence electrons. The van der Waals surface area contributed by atoms with Gasteiger partial charge < -0.3 is 44.5 Å². The smallest absolute Gasteiger partial charge is 0.410 e. The Morgan fingerprint density at radius 3 is 1.36 bits per heavy atom. The highest BCUT2D eigenvalue weighted by Crippen LogP contribution is 2.52. The van der Waals surface area contributed by atoms with Crippen LogP contribution in [0.1, 0.15) is 193 Å². The summed E-state index contributed by atoms with van der Waals surface area (Å²) in [4.78, 5) is 69.5. The van der Waals surface area contributed by atoms with Gasteiger partial charge in [-0.3, -0.25) is 4.79 Å². The average Bonchev–Trinajstić information content (AvgIpc) is 1.80. The summed E-state index contributed by atoms with van der Waals surface area (Å²) in [6.07, 6.45) is 21.1. The lowest BCUT2D eigenvalue weighted by atomic mass is 9.93. The minimum absolute atomic E-state index is 0.0276. The summed E-state index contributed by atoms with van der Waals surface area (Å²) < 4.78 is 77.0. The van der Waals surface area contributed by atoms with Crippen molar-refractivity contribution in [2.24, 2.45) is 52.5 Å². The van der Waals surface area contributed by atoms with Crippen LogP contribution in [-0.4, -0.2) is 157 Å². The molecule has 0 spiro atoms. The summed E-state index contributed by atoms with van der Waals surface area (Å²) in [5.41, 5.74) is -1.74. The molecule has 2 aliphatic heterocycles. The van der Waals surface area contributed by atoms with E-state index in [-0.39, 0.29) is 54.7 Å². The van der Waals surface area contributed by atoms with E-state index in [1.807, 2.05) is 56.1 Å². The van der Waals surface area contributed by atoms with E-state index >= 15 is 0 Å². The van der Waals surface area contributed by atoms with Crippen molar-refractivity contribution >= 4 is 78.9 Å². The van der Waals surface area contributed by atoms with Gasteiger partial charge in [-0.25, -0.2) is 62.0 Å². The largest absolute Gasteiger partial charge is 0.478 e. The van der Waals surface area contributed by atoms with Crippen molar-refractivity contribution in [1.29, 1.82) is 0 Å². The van der Waals surface area contributed by atoms with Crippen molar-refractivity contribution < 1.29 is 60.1 Å². The monoisotopic (exact) mass is 1530 g/mol. The predicted octanol–water partition coefficient (Wildman–Crippen LogP) is 13.6. The predicted molar refractivity (Wildman–Crippen MR) is 398 cm³/mol. The highest BCUT2D eigenvalue weighted by molar-refractivity contribution is 7.90. The molecule has 6 aromatic heterocycles. The number of amides is 3. The summed E-state index contributed by atoms with van der Waals surface area (Å²) >= 11 is 12.3. The number of carboxylic acid groups (broad SMARTS) is 1. The van der Waals surface area contributed by atoms with Crippen molar-refractivity contribution in [1.82, 2.24) is 54.0 Å². The van der Waals surface area contributed by atoms with Crippen LogP contribution in [0, 0.1) is 47.3 Å². The molecule has 31 heteroatoms. The van der Waals surface area contributed by atoms with Gasteiger partial charge in [0.1, 0.15) is 33.1 Å². The number of rotatable bonds is 29. The molecule has 0 radical (unpaired) electrons. The number of carbonyl (C=O) groups is 4. The molecule has 12 rings (SSSR count). The molecule has 6 fully saturated rings. The van der Waals surface area contributed by atoms with E-state index in [4.69, 9.17) is 52.4 Å². The molecule has 0 bridgehead atoms. The third-order valence-electron chi connectivity index (χ3n) is 19.6. The first kappa shape index (κ1) is 79.7. The minimum Gasteiger partial charge on any atom is -0.478 e. The summed E-state index contributed by atoms with van der Waals surface area (Å²) in [5, 5.41) is 28.5. The molecule has 4 saturated carbocycles. The van der Waals surface area contributed by atoms with Gasteiger partial charge in [-0.05, 0) is 268 Å². The first-order valence-corrected chi connectivity index (χ1v) is 40.2. The molecule has 6 aliphatic rings. The first-order chi connectivity index (χ1) is 49.5. The standard InChI is InChI=1S/C37H50ClN7O6S.C19H32N4O4S.C18H20ClN3O3/c1-36(2,3)51-35(47)44-23-24(22-37(44,4)5)8-7-19-39-29-9-6-10-32(40-29)52(48,49)43-34(46)28-15-16-30(41-33(28)38)45-20-17-31(42-45)50-21-18-27(25-11-12-25)26-13-14-26;1-18(2,3)27-17(24)23-13-14(12-19(23,4)5)8-7-11-21-15-9-6-10-16(22-15)28(20,25)26;19-17-14(18(23)24)5-6-15(20-17)22-9-7-16(21-22)25-10-8-13(11-1-2-11)12-3-4-12/h6,9-10,15-17,20,24-27H,7-8,11-14,18-19,21-23H2,1-5H3,(H,39,40)(H,43,46);6,9-10,14H,7-8,11-13H2,1-5H3,(H,21,22)(H2,20,25,26);5-7,9,11-13H,1-4,8,10H2,(H,23,24)/t24-;14-;/m00./s1. The normalized spacial score (nSPS) is 18.5. The maximum Gasteiger partial charge on any atom is 0.410 e. The number of aromatic carboxylic acids is 1. The number of hydrogen-bond donors (Lipinski definition) is 5. The van der Waals surface area contributed by atoms with E-state index in [1.165, 1.54) is 91.1 Å². The number of nitrogens with zero attached hydrogens (tertiary/aromatic N) is 10. The zero-order valence-electron chi connectivity index (χ0n) is 61.7. The third-order valence-corrected chi connectivity index (χ3v) is 22.3. The maximum absolute atomic E-state index is 13.2. The summed E-state index contributed by atoms with van der Waals surface area (Å²) in [6.45, 7) is 23.2. The van der Waals surface area contributed by atoms with Crippen LogP contribution in [0.15, 0.2) is 95.2 Å². The number of halogens is 2. The number of likely N-dealkylation sites (tertiary alicyclic amines) is 2. The second-order valence-electron chi connectivity index (χ2n) is 31.8. The number of ether oxygens (including phenoxy) is 4. The van der Waals surface area contributed by atoms with Crippen LogP contribution in [0.25, 0.3) is 11.6 Å². The fourth-order valence-electron chi connectivity index (χ4n) is 14.1. The van der Waals surface area contributed by atoms with Crippen molar-refractivity contribution in [3.05, 3.63) is 107 Å². The van der Waals surface area contributed by atoms with Crippen LogP contribution < -0.4 is 30.0 Å². The van der Waals surface area contributed by atoms with Crippen LogP contribution in [0.4, 0.5) is 21.2 Å². The van der Waals surface area contributed by atoms with E-state index in [9.17, 15) is 36.0 Å². The summed E-state index contributed by atoms with van der Waals surface area (Å²) in [7, 11) is -8.14. The number of carbonyl (C=O) groups excluding carboxylic acids is 3. The lowest BCUT2D eigenvalue weighted by molar-refractivity contribution is 0.0118. The molecule has 2 saturated heterocycles. The van der Waals surface area contributed by atoms with Gasteiger partial charge in [0.2, 0.25) is 11.8 Å². The fraction of sp³-hybridized carbons (Fsp3) is 0.595. The average molecular weight is 1530 g/mol. The molecule has 4 aliphatic carbocycles. The maximum atomic E-state index is 13.2. The van der Waals surface area contributed by atoms with Crippen molar-refractivity contribution in [3.63, 3.8) is 0 Å². The number of carboxylic acids is 1. The van der Waals surface area contributed by atoms with Crippen LogP contribution in [0.5, 0.6) is 11.8 Å². The van der Waals surface area contributed by atoms with Gasteiger partial charge in [0.15, 0.2) is 21.7 Å². The lowest BCUT2D eigenvalue weighted by Crippen LogP contribution is -2.45. The highest BCUT2D eigenvalue weighted by atomic mass is 35.5. The molecule has 6 N–H and O–H groups in total. The first-order valence-electron chi connectivity index (χ1n) is 36.4. The van der Waals surface area contributed by atoms with E-state index in [1.54, 1.807) is 54.9 Å². The molecule has 3 amide bonds. The Labute approximate surface area is 626 Å². The Morgan fingerprint density at radius 1 is 0.581 bits per heavy atom. The zero-order valence-corrected chi connectivity index (χ0v) is 64.9. The number of primary sulfonamides is 1. The van der Waals surface area contributed by atoms with Gasteiger partial charge in [-0.1, -0.05) is 35.3 Å². The van der Waals surface area contributed by atoms with E-state index in [0.717, 1.165) is 86.9 Å². The number of anilines is 2. The van der Waals surface area contributed by atoms with Crippen molar-refractivity contribution in [2.75, 3.05) is 50.0 Å². The van der Waals surface area contributed by atoms with Gasteiger partial charge in [0.25, 0.3) is 26.0 Å². The molecule has 8 heterocycles. The highest BCUT2D eigenvalue weighted by Gasteiger charge is 2.45. The SMILES string of the molecule is CC(C)(C)OC(=O)N1C[C@@H](CCCNc2cccc(S(=O)(=O)NC(=O)c3ccc(-n4ccc(OCCC(C5CC5)C5CC5)n4)nc3Cl)n2)CC1(C)C.CC(C)(C)OC(=O)N1C[C@@H](CCCNc2cccc(S(N)(=O)=O)n2)CC1(C)C.O=C(O)c1ccc(-n2ccc(OCCC(C3CC3)C3CC3)n2)nc1Cl. The molecule has 6 aromatic rings. The van der Waals surface area contributed by atoms with E-state index in [0.29, 0.717) is 86.3 Å². The number of nitrogens with one attached hydrogen (secondary N) is 3. The number of sulfonamides is 2. The van der Waals surface area contributed by atoms with Crippen LogP contribution >= 0.6 is 23.2 Å². The van der Waals surface area contributed by atoms with Gasteiger partial charge in [0.05, 0.1) is 24.3 Å². The number of hydrogen-bond acceptors (Lipinski definition) is 20.